The number of aromatic nitrogens is 1. The quantitative estimate of drug-likeness (QED) is 0.774. The standard InChI is InChI=1S/C15H14ClNSe/c16-13-9-10-17-15-12(13)7-4-8-14(15)18-11-5-2-1-3-6-11/h1-3,5-6,9-10,14H,4,7-8H2. The summed E-state index contributed by atoms with van der Waals surface area (Å²) in [6.45, 7) is 0. The van der Waals surface area contributed by atoms with Crippen LogP contribution in [0.4, 0.5) is 0 Å². The average molecular weight is 323 g/mol. The van der Waals surface area contributed by atoms with Gasteiger partial charge in [-0.2, -0.15) is 0 Å². The molecule has 0 saturated carbocycles. The Balaban J connectivity index is 1.90. The van der Waals surface area contributed by atoms with E-state index in [2.05, 4.69) is 35.3 Å². The van der Waals surface area contributed by atoms with Crippen molar-refractivity contribution in [2.45, 2.75) is 24.1 Å². The summed E-state index contributed by atoms with van der Waals surface area (Å²) in [6, 6.07) is 12.7. The van der Waals surface area contributed by atoms with Gasteiger partial charge in [0.25, 0.3) is 0 Å². The van der Waals surface area contributed by atoms with Gasteiger partial charge in [-0.25, -0.2) is 0 Å². The van der Waals surface area contributed by atoms with E-state index in [4.69, 9.17) is 11.6 Å². The molecule has 92 valence electrons. The van der Waals surface area contributed by atoms with Crippen LogP contribution < -0.4 is 4.46 Å². The molecule has 0 spiro atoms. The molecule has 1 unspecified atom stereocenters. The molecule has 3 rings (SSSR count). The molecule has 1 atom stereocenters. The third kappa shape index (κ3) is 2.47. The van der Waals surface area contributed by atoms with Crippen molar-refractivity contribution in [3.63, 3.8) is 0 Å². The van der Waals surface area contributed by atoms with Crippen molar-refractivity contribution in [3.8, 4) is 0 Å². The van der Waals surface area contributed by atoms with Crippen LogP contribution in [0.15, 0.2) is 42.6 Å². The van der Waals surface area contributed by atoms with E-state index >= 15 is 0 Å². The van der Waals surface area contributed by atoms with Gasteiger partial charge in [0.05, 0.1) is 0 Å². The molecule has 18 heavy (non-hydrogen) atoms. The third-order valence-corrected chi connectivity index (χ3v) is 6.31. The third-order valence-electron chi connectivity index (χ3n) is 3.25. The van der Waals surface area contributed by atoms with E-state index in [0.717, 1.165) is 11.4 Å². The molecule has 1 aliphatic carbocycles. The van der Waals surface area contributed by atoms with Gasteiger partial charge >= 0.3 is 119 Å². The van der Waals surface area contributed by atoms with Gasteiger partial charge < -0.3 is 0 Å². The topological polar surface area (TPSA) is 12.9 Å². The second-order valence-electron chi connectivity index (χ2n) is 4.47. The zero-order chi connectivity index (χ0) is 12.4. The zero-order valence-electron chi connectivity index (χ0n) is 9.97. The Bertz CT molecular complexity index is 541. The van der Waals surface area contributed by atoms with Crippen LogP contribution in [-0.4, -0.2) is 19.9 Å². The molecule has 1 aromatic heterocycles. The van der Waals surface area contributed by atoms with Gasteiger partial charge in [-0.1, -0.05) is 0 Å². The van der Waals surface area contributed by atoms with E-state index < -0.39 is 0 Å². The second kappa shape index (κ2) is 5.44. The molecule has 1 nitrogen and oxygen atoms in total. The summed E-state index contributed by atoms with van der Waals surface area (Å²) in [4.78, 5) is 5.17. The Hall–Kier alpha value is -0.821. The normalized spacial score (nSPS) is 18.4. The summed E-state index contributed by atoms with van der Waals surface area (Å²) in [5, 5.41) is 0.897. The maximum atomic E-state index is 6.28. The maximum absolute atomic E-state index is 6.28. The van der Waals surface area contributed by atoms with Gasteiger partial charge in [-0.3, -0.25) is 0 Å². The van der Waals surface area contributed by atoms with E-state index in [1.54, 1.807) is 0 Å². The monoisotopic (exact) mass is 323 g/mol. The van der Waals surface area contributed by atoms with Crippen LogP contribution in [0.5, 0.6) is 0 Å². The van der Waals surface area contributed by atoms with Crippen LogP contribution in [0.3, 0.4) is 0 Å². The first-order chi connectivity index (χ1) is 8.84. The molecular weight excluding hydrogens is 309 g/mol. The number of hydrogen-bond donors (Lipinski definition) is 0. The van der Waals surface area contributed by atoms with Gasteiger partial charge in [0, 0.05) is 0 Å². The van der Waals surface area contributed by atoms with E-state index in [0.29, 0.717) is 19.8 Å². The van der Waals surface area contributed by atoms with Crippen LogP contribution in [-0.2, 0) is 6.42 Å². The Kier molecular flexibility index (Phi) is 3.69. The molecule has 1 heterocycles. The zero-order valence-corrected chi connectivity index (χ0v) is 12.4. The number of halogens is 1. The van der Waals surface area contributed by atoms with Gasteiger partial charge in [-0.05, 0) is 0 Å². The summed E-state index contributed by atoms with van der Waals surface area (Å²) in [6.07, 6.45) is 5.41. The molecule has 1 aliphatic rings. The first-order valence-electron chi connectivity index (χ1n) is 6.19. The van der Waals surface area contributed by atoms with Crippen molar-refractivity contribution in [3.05, 3.63) is 58.9 Å². The van der Waals surface area contributed by atoms with Gasteiger partial charge in [-0.15, -0.1) is 0 Å². The van der Waals surface area contributed by atoms with Gasteiger partial charge in [0.2, 0.25) is 0 Å². The van der Waals surface area contributed by atoms with E-state index in [1.165, 1.54) is 28.6 Å². The van der Waals surface area contributed by atoms with E-state index in [9.17, 15) is 0 Å². The molecule has 0 N–H and O–H groups in total. The fourth-order valence-corrected chi connectivity index (χ4v) is 5.24. The molecule has 0 saturated heterocycles. The summed E-state index contributed by atoms with van der Waals surface area (Å²) in [7, 11) is 0. The summed E-state index contributed by atoms with van der Waals surface area (Å²) >= 11 is 6.73. The van der Waals surface area contributed by atoms with Crippen molar-refractivity contribution in [1.29, 1.82) is 0 Å². The van der Waals surface area contributed by atoms with Crippen LogP contribution in [0.1, 0.15) is 28.9 Å². The molecule has 2 aromatic rings. The van der Waals surface area contributed by atoms with Crippen molar-refractivity contribution in [2.75, 3.05) is 0 Å². The minimum atomic E-state index is 0.452. The molecular formula is C15H14ClNSe. The first-order valence-corrected chi connectivity index (χ1v) is 8.42. The summed E-state index contributed by atoms with van der Waals surface area (Å²) in [5.41, 5.74) is 2.53. The van der Waals surface area contributed by atoms with Crippen molar-refractivity contribution >= 4 is 31.0 Å². The molecule has 0 radical (unpaired) electrons. The van der Waals surface area contributed by atoms with Crippen molar-refractivity contribution in [1.82, 2.24) is 4.98 Å². The summed E-state index contributed by atoms with van der Waals surface area (Å²) < 4.78 is 1.45. The van der Waals surface area contributed by atoms with Gasteiger partial charge in [0.1, 0.15) is 0 Å². The Labute approximate surface area is 119 Å². The molecule has 0 fully saturated rings. The fourth-order valence-electron chi connectivity index (χ4n) is 2.39. The number of benzene rings is 1. The Morgan fingerprint density at radius 2 is 2.00 bits per heavy atom. The predicted molar refractivity (Wildman–Crippen MR) is 76.8 cm³/mol. The van der Waals surface area contributed by atoms with Crippen molar-refractivity contribution < 1.29 is 0 Å². The average Bonchev–Trinajstić information content (AvgIpc) is 2.41. The molecule has 0 amide bonds. The van der Waals surface area contributed by atoms with Crippen LogP contribution in [0, 0.1) is 0 Å². The molecule has 3 heteroatoms. The Morgan fingerprint density at radius 3 is 2.83 bits per heavy atom. The van der Waals surface area contributed by atoms with Crippen molar-refractivity contribution in [2.24, 2.45) is 0 Å². The Morgan fingerprint density at radius 1 is 1.17 bits per heavy atom. The van der Waals surface area contributed by atoms with E-state index in [1.807, 2.05) is 12.3 Å². The second-order valence-corrected chi connectivity index (χ2v) is 7.55. The minimum absolute atomic E-state index is 0.452. The van der Waals surface area contributed by atoms with Crippen LogP contribution in [0.25, 0.3) is 0 Å². The molecule has 0 aliphatic heterocycles. The van der Waals surface area contributed by atoms with Crippen LogP contribution >= 0.6 is 11.6 Å². The SMILES string of the molecule is Clc1ccnc2c1CCCC2[Se]c1ccccc1. The molecule has 1 aromatic carbocycles. The number of pyridine rings is 1. The number of fused-ring (bicyclic) bond motifs is 1. The van der Waals surface area contributed by atoms with Gasteiger partial charge in [0.15, 0.2) is 0 Å². The van der Waals surface area contributed by atoms with Crippen LogP contribution in [0.2, 0.25) is 5.02 Å². The van der Waals surface area contributed by atoms with E-state index in [-0.39, 0.29) is 0 Å². The first kappa shape index (κ1) is 12.2. The summed E-state index contributed by atoms with van der Waals surface area (Å²) in [5.74, 6) is 0. The number of rotatable bonds is 2. The number of nitrogens with zero attached hydrogens (tertiary/aromatic N) is 1. The number of hydrogen-bond acceptors (Lipinski definition) is 1. The fraction of sp³-hybridized carbons (Fsp3) is 0.267. The molecule has 0 bridgehead atoms. The predicted octanol–water partition coefficient (Wildman–Crippen LogP) is 3.14.